The van der Waals surface area contributed by atoms with E-state index in [2.05, 4.69) is 5.32 Å². The smallest absolute Gasteiger partial charge is 0.244 e. The van der Waals surface area contributed by atoms with Crippen LogP contribution in [0.4, 0.5) is 10.1 Å². The lowest BCUT2D eigenvalue weighted by Crippen LogP contribution is -2.52. The molecule has 2 rings (SSSR count). The Morgan fingerprint density at radius 3 is 2.35 bits per heavy atom. The number of sulfonamides is 1. The average Bonchev–Trinajstić information content (AvgIpc) is 2.77. The zero-order chi connectivity index (χ0) is 25.5. The van der Waals surface area contributed by atoms with Crippen molar-refractivity contribution in [1.29, 1.82) is 0 Å². The number of hydrogen-bond donors (Lipinski definition) is 1. The molecule has 2 amide bonds. The second-order valence-electron chi connectivity index (χ2n) is 7.73. The van der Waals surface area contributed by atoms with Crippen LogP contribution in [0.3, 0.4) is 0 Å². The average molecular weight is 532 g/mol. The Bertz CT molecular complexity index is 1130. The number of hydrogen-bond acceptors (Lipinski definition) is 4. The molecule has 0 fully saturated rings. The van der Waals surface area contributed by atoms with Crippen molar-refractivity contribution in [2.24, 2.45) is 0 Å². The summed E-state index contributed by atoms with van der Waals surface area (Å²) in [6, 6.07) is 8.93. The summed E-state index contributed by atoms with van der Waals surface area (Å²) in [7, 11) is -3.94. The molecule has 0 saturated heterocycles. The van der Waals surface area contributed by atoms with Crippen molar-refractivity contribution in [2.75, 3.05) is 23.7 Å². The number of amides is 2. The zero-order valence-electron chi connectivity index (χ0n) is 19.2. The summed E-state index contributed by atoms with van der Waals surface area (Å²) in [6.45, 7) is 3.48. The summed E-state index contributed by atoms with van der Waals surface area (Å²) in [5.74, 6) is -1.62. The van der Waals surface area contributed by atoms with Crippen molar-refractivity contribution in [1.82, 2.24) is 10.2 Å². The number of carbonyl (C=O) groups is 2. The quantitative estimate of drug-likeness (QED) is 0.469. The fourth-order valence-electron chi connectivity index (χ4n) is 3.37. The van der Waals surface area contributed by atoms with Gasteiger partial charge in [0.15, 0.2) is 0 Å². The summed E-state index contributed by atoms with van der Waals surface area (Å²) < 4.78 is 39.6. The van der Waals surface area contributed by atoms with E-state index in [4.69, 9.17) is 23.2 Å². The molecule has 0 aliphatic rings. The van der Waals surface area contributed by atoms with Crippen molar-refractivity contribution in [3.05, 3.63) is 63.9 Å². The van der Waals surface area contributed by atoms with Crippen LogP contribution in [0.2, 0.25) is 10.0 Å². The van der Waals surface area contributed by atoms with E-state index in [0.717, 1.165) is 16.6 Å². The van der Waals surface area contributed by atoms with Crippen LogP contribution in [-0.4, -0.2) is 50.5 Å². The largest absolute Gasteiger partial charge is 0.354 e. The fourth-order valence-corrected chi connectivity index (χ4v) is 4.53. The van der Waals surface area contributed by atoms with Gasteiger partial charge in [-0.25, -0.2) is 12.8 Å². The summed E-state index contributed by atoms with van der Waals surface area (Å²) in [6.07, 6.45) is 1.94. The van der Waals surface area contributed by atoms with Crippen LogP contribution >= 0.6 is 23.2 Å². The molecule has 1 unspecified atom stereocenters. The van der Waals surface area contributed by atoms with Crippen LogP contribution < -0.4 is 9.62 Å². The van der Waals surface area contributed by atoms with Gasteiger partial charge in [0.05, 0.1) is 22.0 Å². The van der Waals surface area contributed by atoms with Crippen LogP contribution in [-0.2, 0) is 26.2 Å². The maximum absolute atomic E-state index is 13.8. The van der Waals surface area contributed by atoms with Crippen molar-refractivity contribution in [3.8, 4) is 0 Å². The minimum atomic E-state index is -3.94. The molecule has 1 N–H and O–H groups in total. The lowest BCUT2D eigenvalue weighted by Gasteiger charge is -2.33. The summed E-state index contributed by atoms with van der Waals surface area (Å²) in [5, 5.41) is 3.41. The third kappa shape index (κ3) is 7.58. The topological polar surface area (TPSA) is 86.8 Å². The molecule has 2 aromatic carbocycles. The van der Waals surface area contributed by atoms with Crippen LogP contribution in [0, 0.1) is 5.82 Å². The van der Waals surface area contributed by atoms with Gasteiger partial charge < -0.3 is 10.2 Å². The number of nitrogens with zero attached hydrogens (tertiary/aromatic N) is 2. The number of benzene rings is 2. The minimum absolute atomic E-state index is 0.00543. The monoisotopic (exact) mass is 531 g/mol. The molecule has 0 spiro atoms. The van der Waals surface area contributed by atoms with Gasteiger partial charge >= 0.3 is 0 Å². The molecule has 7 nitrogen and oxygen atoms in total. The highest BCUT2D eigenvalue weighted by molar-refractivity contribution is 7.92. The molecule has 0 heterocycles. The van der Waals surface area contributed by atoms with Crippen LogP contribution in [0.1, 0.15) is 32.3 Å². The number of carbonyl (C=O) groups excluding carboxylic acids is 2. The predicted molar refractivity (Wildman–Crippen MR) is 133 cm³/mol. The minimum Gasteiger partial charge on any atom is -0.354 e. The Morgan fingerprint density at radius 1 is 1.09 bits per heavy atom. The van der Waals surface area contributed by atoms with E-state index in [-0.39, 0.29) is 23.2 Å². The molecule has 0 aliphatic heterocycles. The first kappa shape index (κ1) is 27.9. The van der Waals surface area contributed by atoms with Crippen LogP contribution in [0.5, 0.6) is 0 Å². The first-order chi connectivity index (χ1) is 16.0. The summed E-state index contributed by atoms with van der Waals surface area (Å²) in [4.78, 5) is 27.6. The molecule has 11 heteroatoms. The lowest BCUT2D eigenvalue weighted by atomic mass is 10.1. The third-order valence-electron chi connectivity index (χ3n) is 5.05. The number of anilines is 1. The highest BCUT2D eigenvalue weighted by atomic mass is 35.5. The predicted octanol–water partition coefficient (Wildman–Crippen LogP) is 4.23. The molecule has 0 aromatic heterocycles. The van der Waals surface area contributed by atoms with E-state index in [1.807, 2.05) is 6.92 Å². The molecular weight excluding hydrogens is 504 g/mol. The van der Waals surface area contributed by atoms with Gasteiger partial charge in [-0.1, -0.05) is 49.2 Å². The van der Waals surface area contributed by atoms with Crippen molar-refractivity contribution in [3.63, 3.8) is 0 Å². The molecule has 1 atom stereocenters. The van der Waals surface area contributed by atoms with Gasteiger partial charge in [-0.15, -0.1) is 0 Å². The Morgan fingerprint density at radius 2 is 1.79 bits per heavy atom. The van der Waals surface area contributed by atoms with E-state index in [0.29, 0.717) is 30.0 Å². The molecule has 186 valence electrons. The first-order valence-electron chi connectivity index (χ1n) is 10.7. The third-order valence-corrected chi connectivity index (χ3v) is 6.93. The van der Waals surface area contributed by atoms with E-state index < -0.39 is 34.3 Å². The van der Waals surface area contributed by atoms with E-state index in [1.165, 1.54) is 23.1 Å². The van der Waals surface area contributed by atoms with E-state index in [1.54, 1.807) is 25.1 Å². The Hall–Kier alpha value is -2.36. The standard InChI is InChI=1S/C23H28Cl2FN3O4S/c1-4-11-27-23(31)21(5-2)28(14-16-9-10-19(24)20(25)12-16)22(30)15-29(34(3,32)33)18-8-6-7-17(26)13-18/h6-10,12-13,21H,4-5,11,14-15H2,1-3H3,(H,27,31). The van der Waals surface area contributed by atoms with Crippen LogP contribution in [0.15, 0.2) is 42.5 Å². The highest BCUT2D eigenvalue weighted by Crippen LogP contribution is 2.25. The molecule has 2 aromatic rings. The SMILES string of the molecule is CCCNC(=O)C(CC)N(Cc1ccc(Cl)c(Cl)c1)C(=O)CN(c1cccc(F)c1)S(C)(=O)=O. The van der Waals surface area contributed by atoms with E-state index >= 15 is 0 Å². The molecule has 0 bridgehead atoms. The van der Waals surface area contributed by atoms with Crippen molar-refractivity contribution in [2.45, 2.75) is 39.3 Å². The molecule has 0 saturated carbocycles. The normalized spacial score (nSPS) is 12.2. The molecular formula is C23H28Cl2FN3O4S. The fraction of sp³-hybridized carbons (Fsp3) is 0.391. The maximum Gasteiger partial charge on any atom is 0.244 e. The van der Waals surface area contributed by atoms with Crippen molar-refractivity contribution >= 4 is 50.7 Å². The van der Waals surface area contributed by atoms with Gasteiger partial charge in [0.2, 0.25) is 21.8 Å². The Kier molecular flexibility index (Phi) is 10.1. The second kappa shape index (κ2) is 12.4. The Balaban J connectivity index is 2.44. The maximum atomic E-state index is 13.8. The van der Waals surface area contributed by atoms with Gasteiger partial charge in [0.1, 0.15) is 18.4 Å². The molecule has 0 aliphatic carbocycles. The lowest BCUT2D eigenvalue weighted by molar-refractivity contribution is -0.140. The van der Waals surface area contributed by atoms with Gasteiger partial charge in [0, 0.05) is 13.1 Å². The molecule has 34 heavy (non-hydrogen) atoms. The highest BCUT2D eigenvalue weighted by Gasteiger charge is 2.31. The van der Waals surface area contributed by atoms with Gasteiger partial charge in [0.25, 0.3) is 0 Å². The van der Waals surface area contributed by atoms with E-state index in [9.17, 15) is 22.4 Å². The number of nitrogens with one attached hydrogen (secondary N) is 1. The summed E-state index contributed by atoms with van der Waals surface area (Å²) >= 11 is 12.1. The number of rotatable bonds is 11. The zero-order valence-corrected chi connectivity index (χ0v) is 21.6. The summed E-state index contributed by atoms with van der Waals surface area (Å²) in [5.41, 5.74) is 0.620. The van der Waals surface area contributed by atoms with Crippen molar-refractivity contribution < 1.29 is 22.4 Å². The Labute approximate surface area is 209 Å². The molecule has 0 radical (unpaired) electrons. The van der Waals surface area contributed by atoms with Crippen LogP contribution in [0.25, 0.3) is 0 Å². The number of halogens is 3. The second-order valence-corrected chi connectivity index (χ2v) is 10.5. The van der Waals surface area contributed by atoms with Gasteiger partial charge in [-0.2, -0.15) is 0 Å². The van der Waals surface area contributed by atoms with Gasteiger partial charge in [-0.3, -0.25) is 13.9 Å². The first-order valence-corrected chi connectivity index (χ1v) is 13.3. The van der Waals surface area contributed by atoms with Gasteiger partial charge in [-0.05, 0) is 48.7 Å².